The van der Waals surface area contributed by atoms with E-state index in [2.05, 4.69) is 16.6 Å². The van der Waals surface area contributed by atoms with E-state index in [4.69, 9.17) is 17.3 Å². The molecule has 1 aromatic rings. The van der Waals surface area contributed by atoms with Gasteiger partial charge in [-0.2, -0.15) is 8.78 Å². The minimum Gasteiger partial charge on any atom is -0.383 e. The van der Waals surface area contributed by atoms with Crippen molar-refractivity contribution in [2.45, 2.75) is 5.38 Å². The molecule has 3 nitrogen and oxygen atoms in total. The molecule has 0 unspecified atom stereocenters. The van der Waals surface area contributed by atoms with Crippen molar-refractivity contribution >= 4 is 34.8 Å². The van der Waals surface area contributed by atoms with Gasteiger partial charge in [-0.05, 0) is 17.7 Å². The molecular weight excluding hydrogens is 237 g/mol. The number of nitrogen functional groups attached to an aromatic ring is 1. The van der Waals surface area contributed by atoms with Gasteiger partial charge < -0.3 is 5.73 Å². The van der Waals surface area contributed by atoms with Gasteiger partial charge in [0.1, 0.15) is 5.82 Å². The van der Waals surface area contributed by atoms with E-state index in [1.807, 2.05) is 0 Å². The fraction of sp³-hybridized carbons (Fsp3) is 0.143. The van der Waals surface area contributed by atoms with E-state index in [1.54, 1.807) is 0 Å². The van der Waals surface area contributed by atoms with E-state index >= 15 is 0 Å². The number of Topliss-reactive ketones (excluding diaryl/α,β-unsaturated/α-hetero) is 1. The first kappa shape index (κ1) is 11.1. The molecule has 0 aliphatic carbocycles. The fourth-order valence-corrected chi connectivity index (χ4v) is 1.04. The Morgan fingerprint density at radius 2 is 2.14 bits per heavy atom. The summed E-state index contributed by atoms with van der Waals surface area (Å²) in [4.78, 5) is 14.4. The van der Waals surface area contributed by atoms with Gasteiger partial charge in [0.2, 0.25) is 0 Å². The molecule has 0 radical (unpaired) electrons. The number of nitrogens with zero attached hydrogens (tertiary/aromatic N) is 1. The normalized spacial score (nSPS) is 11.4. The number of carbonyl (C=O) groups is 1. The van der Waals surface area contributed by atoms with Crippen LogP contribution in [0.2, 0.25) is 5.02 Å². The number of pyridine rings is 1. The van der Waals surface area contributed by atoms with E-state index in [9.17, 15) is 13.6 Å². The molecule has 0 aromatic carbocycles. The Bertz CT molecular complexity index is 378. The Kier molecular flexibility index (Phi) is 2.92. The second-order valence-corrected chi connectivity index (χ2v) is 3.32. The van der Waals surface area contributed by atoms with Gasteiger partial charge in [0.25, 0.3) is 5.78 Å². The van der Waals surface area contributed by atoms with Crippen LogP contribution < -0.4 is 5.73 Å². The predicted molar refractivity (Wildman–Crippen MR) is 48.8 cm³/mol. The van der Waals surface area contributed by atoms with Gasteiger partial charge in [-0.1, -0.05) is 11.6 Å². The summed E-state index contributed by atoms with van der Waals surface area (Å²) in [5, 5.41) is -3.97. The van der Waals surface area contributed by atoms with E-state index in [0.717, 1.165) is 12.3 Å². The number of nitrogens with two attached hydrogens (primary N) is 1. The largest absolute Gasteiger partial charge is 0.385 e. The molecule has 7 heteroatoms. The molecule has 0 atom stereocenters. The van der Waals surface area contributed by atoms with Crippen LogP contribution in [-0.2, 0) is 0 Å². The molecule has 0 aliphatic heterocycles. The number of alkyl halides is 3. The van der Waals surface area contributed by atoms with E-state index in [-0.39, 0.29) is 10.8 Å². The van der Waals surface area contributed by atoms with Crippen LogP contribution in [0.3, 0.4) is 0 Å². The van der Waals surface area contributed by atoms with Gasteiger partial charge in [-0.3, -0.25) is 4.79 Å². The van der Waals surface area contributed by atoms with Crippen LogP contribution >= 0.6 is 23.2 Å². The summed E-state index contributed by atoms with van der Waals surface area (Å²) in [5.41, 5.74) is 4.72. The third-order valence-electron chi connectivity index (χ3n) is 1.39. The number of hydrogen-bond acceptors (Lipinski definition) is 3. The van der Waals surface area contributed by atoms with Crippen LogP contribution in [0.1, 0.15) is 10.4 Å². The van der Waals surface area contributed by atoms with Gasteiger partial charge >= 0.3 is 5.38 Å². The topological polar surface area (TPSA) is 56.0 Å². The molecule has 1 rings (SSSR count). The summed E-state index contributed by atoms with van der Waals surface area (Å²) in [5.74, 6) is -1.95. The van der Waals surface area contributed by atoms with Crippen molar-refractivity contribution in [2.75, 3.05) is 5.73 Å². The molecule has 14 heavy (non-hydrogen) atoms. The maximum atomic E-state index is 12.4. The maximum Gasteiger partial charge on any atom is 0.385 e. The highest BCUT2D eigenvalue weighted by Crippen LogP contribution is 2.27. The summed E-state index contributed by atoms with van der Waals surface area (Å²) in [7, 11) is 0. The number of halogens is 4. The van der Waals surface area contributed by atoms with E-state index in [0.29, 0.717) is 0 Å². The molecule has 2 N–H and O–H groups in total. The van der Waals surface area contributed by atoms with Crippen molar-refractivity contribution in [3.05, 3.63) is 22.8 Å². The van der Waals surface area contributed by atoms with Crippen molar-refractivity contribution < 1.29 is 13.6 Å². The number of ketones is 1. The van der Waals surface area contributed by atoms with Gasteiger partial charge in [-0.25, -0.2) is 4.98 Å². The zero-order chi connectivity index (χ0) is 10.9. The van der Waals surface area contributed by atoms with Crippen LogP contribution in [-0.4, -0.2) is 16.1 Å². The molecule has 0 saturated heterocycles. The van der Waals surface area contributed by atoms with Gasteiger partial charge in [-0.15, -0.1) is 0 Å². The monoisotopic (exact) mass is 240 g/mol. The minimum absolute atomic E-state index is 0.0310. The standard InChI is InChI=1S/C7H4Cl2F2N2O/c8-3-1-4(6(12)13-2-3)5(14)7(9,10)11/h1-2H,(H2,12,13). The second kappa shape index (κ2) is 3.67. The number of aromatic nitrogens is 1. The molecule has 0 aliphatic rings. The molecule has 1 aromatic heterocycles. The number of rotatable bonds is 2. The first-order valence-electron chi connectivity index (χ1n) is 3.35. The lowest BCUT2D eigenvalue weighted by molar-refractivity contribution is 0.0537. The highest BCUT2D eigenvalue weighted by atomic mass is 35.5. The zero-order valence-corrected chi connectivity index (χ0v) is 8.11. The quantitative estimate of drug-likeness (QED) is 0.638. The van der Waals surface area contributed by atoms with Crippen molar-refractivity contribution in [3.63, 3.8) is 0 Å². The number of carbonyl (C=O) groups excluding carboxylic acids is 1. The van der Waals surface area contributed by atoms with Crippen LogP contribution in [0.5, 0.6) is 0 Å². The smallest absolute Gasteiger partial charge is 0.383 e. The number of anilines is 1. The molecule has 76 valence electrons. The lowest BCUT2D eigenvalue weighted by atomic mass is 10.2. The number of hydrogen-bond donors (Lipinski definition) is 1. The van der Waals surface area contributed by atoms with E-state index in [1.165, 1.54) is 0 Å². The molecule has 0 amide bonds. The van der Waals surface area contributed by atoms with Crippen molar-refractivity contribution in [2.24, 2.45) is 0 Å². The first-order chi connectivity index (χ1) is 6.32. The average molecular weight is 241 g/mol. The maximum absolute atomic E-state index is 12.4. The molecule has 0 saturated carbocycles. The Morgan fingerprint density at radius 1 is 1.57 bits per heavy atom. The Balaban J connectivity index is 3.19. The SMILES string of the molecule is Nc1ncc(Cl)cc1C(=O)C(F)(F)Cl. The fourth-order valence-electron chi connectivity index (χ4n) is 0.784. The summed E-state index contributed by atoms with van der Waals surface area (Å²) < 4.78 is 24.8. The lowest BCUT2D eigenvalue weighted by Gasteiger charge is -2.08. The van der Waals surface area contributed by atoms with Crippen LogP contribution in [0, 0.1) is 0 Å². The Hall–Kier alpha value is -0.940. The van der Waals surface area contributed by atoms with Crippen LogP contribution in [0.15, 0.2) is 12.3 Å². The Labute approximate surface area is 87.8 Å². The molecule has 1 heterocycles. The third kappa shape index (κ3) is 2.30. The highest BCUT2D eigenvalue weighted by Gasteiger charge is 2.38. The van der Waals surface area contributed by atoms with Crippen LogP contribution in [0.4, 0.5) is 14.6 Å². The predicted octanol–water partition coefficient (Wildman–Crippen LogP) is 2.33. The summed E-state index contributed by atoms with van der Waals surface area (Å²) in [6, 6.07) is 0.989. The molecule has 0 bridgehead atoms. The van der Waals surface area contributed by atoms with Gasteiger partial charge in [0.05, 0.1) is 10.6 Å². The highest BCUT2D eigenvalue weighted by molar-refractivity contribution is 6.36. The van der Waals surface area contributed by atoms with Crippen molar-refractivity contribution in [1.29, 1.82) is 0 Å². The Morgan fingerprint density at radius 3 is 2.64 bits per heavy atom. The molecule has 0 fully saturated rings. The minimum atomic E-state index is -4.00. The molecule has 0 spiro atoms. The third-order valence-corrected chi connectivity index (χ3v) is 1.77. The first-order valence-corrected chi connectivity index (χ1v) is 4.10. The average Bonchev–Trinajstić information content (AvgIpc) is 2.06. The zero-order valence-electron chi connectivity index (χ0n) is 6.60. The van der Waals surface area contributed by atoms with Crippen LogP contribution in [0.25, 0.3) is 0 Å². The van der Waals surface area contributed by atoms with Crippen molar-refractivity contribution in [3.8, 4) is 0 Å². The van der Waals surface area contributed by atoms with E-state index < -0.39 is 16.7 Å². The van der Waals surface area contributed by atoms with Gasteiger partial charge in [0.15, 0.2) is 0 Å². The second-order valence-electron chi connectivity index (χ2n) is 2.41. The lowest BCUT2D eigenvalue weighted by Crippen LogP contribution is -2.23. The summed E-state index contributed by atoms with van der Waals surface area (Å²) in [6.07, 6.45) is 1.14. The molecular formula is C7H4Cl2F2N2O. The summed E-state index contributed by atoms with van der Waals surface area (Å²) in [6.45, 7) is 0. The van der Waals surface area contributed by atoms with Crippen molar-refractivity contribution in [1.82, 2.24) is 4.98 Å². The summed E-state index contributed by atoms with van der Waals surface area (Å²) >= 11 is 9.99. The van der Waals surface area contributed by atoms with Gasteiger partial charge in [0, 0.05) is 6.20 Å².